The van der Waals surface area contributed by atoms with Crippen LogP contribution in [0.3, 0.4) is 0 Å². The summed E-state index contributed by atoms with van der Waals surface area (Å²) in [6.45, 7) is 3.68. The Morgan fingerprint density at radius 3 is 2.43 bits per heavy atom. The molecule has 1 aliphatic heterocycles. The molecule has 1 aliphatic carbocycles. The summed E-state index contributed by atoms with van der Waals surface area (Å²) >= 11 is 3.32. The molecule has 0 bridgehead atoms. The fourth-order valence-corrected chi connectivity index (χ4v) is 3.93. The smallest absolute Gasteiger partial charge is 0.406 e. The van der Waals surface area contributed by atoms with E-state index in [-0.39, 0.29) is 11.8 Å². The number of alkyl halides is 3. The van der Waals surface area contributed by atoms with Crippen LogP contribution in [0.4, 0.5) is 13.2 Å². The molecule has 0 unspecified atom stereocenters. The van der Waals surface area contributed by atoms with Gasteiger partial charge >= 0.3 is 6.36 Å². The number of nitrogens with one attached hydrogen (secondary N) is 1. The third-order valence-corrected chi connectivity index (χ3v) is 5.07. The molecule has 1 N–H and O–H groups in total. The van der Waals surface area contributed by atoms with Gasteiger partial charge in [0.1, 0.15) is 5.75 Å². The van der Waals surface area contributed by atoms with Crippen molar-refractivity contribution in [3.05, 3.63) is 28.2 Å². The molecule has 7 heteroatoms. The fraction of sp³-hybridized carbons (Fsp3) is 0.625. The Morgan fingerprint density at radius 2 is 1.87 bits per heavy atom. The summed E-state index contributed by atoms with van der Waals surface area (Å²) in [5.41, 5.74) is 0.908. The third-order valence-electron chi connectivity index (χ3n) is 4.61. The second-order valence-corrected chi connectivity index (χ2v) is 7.11. The van der Waals surface area contributed by atoms with E-state index in [2.05, 4.69) is 30.9 Å². The van der Waals surface area contributed by atoms with Crippen molar-refractivity contribution in [1.82, 2.24) is 10.2 Å². The van der Waals surface area contributed by atoms with Crippen LogP contribution < -0.4 is 10.1 Å². The van der Waals surface area contributed by atoms with Crippen molar-refractivity contribution in [2.24, 2.45) is 5.92 Å². The Hall–Kier alpha value is -0.790. The van der Waals surface area contributed by atoms with Gasteiger partial charge in [-0.2, -0.15) is 0 Å². The first kappa shape index (κ1) is 17.0. The minimum atomic E-state index is -4.67. The normalized spacial score (nSPS) is 21.7. The first-order valence-electron chi connectivity index (χ1n) is 7.93. The summed E-state index contributed by atoms with van der Waals surface area (Å²) in [6.07, 6.45) is -1.20. The van der Waals surface area contributed by atoms with Crippen LogP contribution in [0.25, 0.3) is 0 Å². The SMILES string of the molecule is FC(F)(F)Oc1cc(Br)cc([C@@H](C2CCC2)N2CCNCC2)c1. The van der Waals surface area contributed by atoms with E-state index in [4.69, 9.17) is 0 Å². The molecule has 0 spiro atoms. The van der Waals surface area contributed by atoms with Gasteiger partial charge in [-0.15, -0.1) is 13.2 Å². The maximum Gasteiger partial charge on any atom is 0.573 e. The Morgan fingerprint density at radius 1 is 1.17 bits per heavy atom. The van der Waals surface area contributed by atoms with Crippen molar-refractivity contribution in [2.75, 3.05) is 26.2 Å². The first-order valence-corrected chi connectivity index (χ1v) is 8.73. The molecule has 1 heterocycles. The number of ether oxygens (including phenoxy) is 1. The molecule has 1 atom stereocenters. The number of nitrogens with zero attached hydrogens (tertiary/aromatic N) is 1. The predicted octanol–water partition coefficient (Wildman–Crippen LogP) is 4.09. The van der Waals surface area contributed by atoms with Crippen molar-refractivity contribution >= 4 is 15.9 Å². The van der Waals surface area contributed by atoms with Crippen LogP contribution in [-0.2, 0) is 0 Å². The first-order chi connectivity index (χ1) is 10.9. The van der Waals surface area contributed by atoms with Crippen LogP contribution in [-0.4, -0.2) is 37.4 Å². The largest absolute Gasteiger partial charge is 0.573 e. The summed E-state index contributed by atoms with van der Waals surface area (Å²) in [5.74, 6) is 0.363. The fourth-order valence-electron chi connectivity index (χ4n) is 3.44. The summed E-state index contributed by atoms with van der Waals surface area (Å²) in [6, 6.07) is 5.00. The monoisotopic (exact) mass is 392 g/mol. The Labute approximate surface area is 142 Å². The van der Waals surface area contributed by atoms with Gasteiger partial charge < -0.3 is 10.1 Å². The van der Waals surface area contributed by atoms with Crippen molar-refractivity contribution in [3.63, 3.8) is 0 Å². The lowest BCUT2D eigenvalue weighted by Crippen LogP contribution is -2.47. The van der Waals surface area contributed by atoms with Gasteiger partial charge in [0, 0.05) is 36.7 Å². The second-order valence-electron chi connectivity index (χ2n) is 6.19. The highest BCUT2D eigenvalue weighted by molar-refractivity contribution is 9.10. The van der Waals surface area contributed by atoms with E-state index in [9.17, 15) is 13.2 Å². The maximum atomic E-state index is 12.5. The summed E-state index contributed by atoms with van der Waals surface area (Å²) < 4.78 is 42.4. The number of benzene rings is 1. The number of hydrogen-bond acceptors (Lipinski definition) is 3. The summed E-state index contributed by atoms with van der Waals surface area (Å²) in [7, 11) is 0. The van der Waals surface area contributed by atoms with Gasteiger partial charge in [-0.05, 0) is 42.5 Å². The Bertz CT molecular complexity index is 543. The molecule has 3 rings (SSSR count). The average Bonchev–Trinajstić information content (AvgIpc) is 2.41. The van der Waals surface area contributed by atoms with E-state index in [0.717, 1.165) is 44.6 Å². The highest BCUT2D eigenvalue weighted by Crippen LogP contribution is 2.43. The van der Waals surface area contributed by atoms with E-state index in [1.54, 1.807) is 6.07 Å². The molecule has 1 saturated heterocycles. The average molecular weight is 393 g/mol. The van der Waals surface area contributed by atoms with Crippen molar-refractivity contribution in [2.45, 2.75) is 31.7 Å². The molecule has 2 aliphatic rings. The lowest BCUT2D eigenvalue weighted by molar-refractivity contribution is -0.274. The molecular weight excluding hydrogens is 373 g/mol. The topological polar surface area (TPSA) is 24.5 Å². The van der Waals surface area contributed by atoms with E-state index < -0.39 is 6.36 Å². The zero-order valence-corrected chi connectivity index (χ0v) is 14.3. The van der Waals surface area contributed by atoms with Gasteiger partial charge in [-0.25, -0.2) is 0 Å². The minimum absolute atomic E-state index is 0.152. The zero-order chi connectivity index (χ0) is 16.4. The highest BCUT2D eigenvalue weighted by atomic mass is 79.9. The molecule has 2 fully saturated rings. The summed E-state index contributed by atoms with van der Waals surface area (Å²) in [5, 5.41) is 3.33. The lowest BCUT2D eigenvalue weighted by atomic mass is 9.76. The highest BCUT2D eigenvalue weighted by Gasteiger charge is 2.35. The molecule has 23 heavy (non-hydrogen) atoms. The van der Waals surface area contributed by atoms with E-state index in [0.29, 0.717) is 10.4 Å². The molecule has 128 valence electrons. The number of rotatable bonds is 4. The maximum absolute atomic E-state index is 12.5. The number of halogens is 4. The van der Waals surface area contributed by atoms with Gasteiger partial charge in [0.2, 0.25) is 0 Å². The van der Waals surface area contributed by atoms with Crippen LogP contribution in [0.1, 0.15) is 30.9 Å². The predicted molar refractivity (Wildman–Crippen MR) is 85.3 cm³/mol. The zero-order valence-electron chi connectivity index (χ0n) is 12.7. The van der Waals surface area contributed by atoms with E-state index in [1.165, 1.54) is 12.5 Å². The van der Waals surface area contributed by atoms with Crippen LogP contribution in [0, 0.1) is 5.92 Å². The quantitative estimate of drug-likeness (QED) is 0.834. The molecular formula is C16H20BrF3N2O. The van der Waals surface area contributed by atoms with Crippen LogP contribution in [0.5, 0.6) is 5.75 Å². The molecule has 1 saturated carbocycles. The van der Waals surface area contributed by atoms with Gasteiger partial charge in [0.15, 0.2) is 0 Å². The minimum Gasteiger partial charge on any atom is -0.406 e. The Balaban J connectivity index is 1.88. The molecule has 3 nitrogen and oxygen atoms in total. The van der Waals surface area contributed by atoms with Gasteiger partial charge in [-0.1, -0.05) is 22.4 Å². The van der Waals surface area contributed by atoms with Gasteiger partial charge in [0.05, 0.1) is 0 Å². The Kier molecular flexibility index (Phi) is 5.18. The van der Waals surface area contributed by atoms with Crippen LogP contribution in [0.2, 0.25) is 0 Å². The van der Waals surface area contributed by atoms with Crippen molar-refractivity contribution in [1.29, 1.82) is 0 Å². The number of hydrogen-bond donors (Lipinski definition) is 1. The van der Waals surface area contributed by atoms with Crippen molar-refractivity contribution < 1.29 is 17.9 Å². The van der Waals surface area contributed by atoms with Gasteiger partial charge in [0.25, 0.3) is 0 Å². The van der Waals surface area contributed by atoms with Crippen LogP contribution >= 0.6 is 15.9 Å². The second kappa shape index (κ2) is 6.99. The summed E-state index contributed by atoms with van der Waals surface area (Å²) in [4.78, 5) is 2.39. The molecule has 0 aromatic heterocycles. The van der Waals surface area contributed by atoms with E-state index in [1.807, 2.05) is 6.07 Å². The van der Waals surface area contributed by atoms with Crippen LogP contribution in [0.15, 0.2) is 22.7 Å². The molecule has 1 aromatic carbocycles. The lowest BCUT2D eigenvalue weighted by Gasteiger charge is -2.43. The molecule has 0 radical (unpaired) electrons. The van der Waals surface area contributed by atoms with E-state index >= 15 is 0 Å². The standard InChI is InChI=1S/C16H20BrF3N2O/c17-13-8-12(9-14(10-13)23-16(18,19)20)15(11-2-1-3-11)22-6-4-21-5-7-22/h8-11,15,21H,1-7H2/t15-/m1/s1. The number of piperazine rings is 1. The molecule has 1 aromatic rings. The third kappa shape index (κ3) is 4.39. The van der Waals surface area contributed by atoms with Gasteiger partial charge in [-0.3, -0.25) is 4.90 Å². The van der Waals surface area contributed by atoms with Crippen molar-refractivity contribution in [3.8, 4) is 5.75 Å². The molecule has 0 amide bonds.